The van der Waals surface area contributed by atoms with Crippen LogP contribution < -0.4 is 14.4 Å². The maximum Gasteiger partial charge on any atom is 0.260 e. The SMILES string of the molecule is CN(C)CCCN(C(=O)c1ccc(Cl)cc1)c1nc2cc3c(cc2s1)OCCO3. The molecule has 0 spiro atoms. The van der Waals surface area contributed by atoms with Crippen LogP contribution in [0.5, 0.6) is 11.5 Å². The second kappa shape index (κ2) is 8.57. The van der Waals surface area contributed by atoms with E-state index < -0.39 is 0 Å². The Morgan fingerprint density at radius 1 is 1.10 bits per heavy atom. The maximum absolute atomic E-state index is 13.3. The molecule has 29 heavy (non-hydrogen) atoms. The van der Waals surface area contributed by atoms with Gasteiger partial charge in [0.05, 0.1) is 10.2 Å². The standard InChI is InChI=1S/C21H22ClN3O3S/c1-24(2)8-3-9-25(20(26)14-4-6-15(22)7-5-14)21-23-16-12-17-18(13-19(16)29-21)28-11-10-27-17/h4-7,12-13H,3,8-11H2,1-2H3. The summed E-state index contributed by atoms with van der Waals surface area (Å²) in [6.45, 7) is 2.52. The van der Waals surface area contributed by atoms with Crippen LogP contribution in [0.15, 0.2) is 36.4 Å². The molecule has 2 aromatic carbocycles. The van der Waals surface area contributed by atoms with Crippen LogP contribution in [0, 0.1) is 0 Å². The van der Waals surface area contributed by atoms with E-state index in [1.165, 1.54) is 11.3 Å². The smallest absolute Gasteiger partial charge is 0.260 e. The highest BCUT2D eigenvalue weighted by atomic mass is 35.5. The summed E-state index contributed by atoms with van der Waals surface area (Å²) in [5.74, 6) is 1.34. The fourth-order valence-corrected chi connectivity index (χ4v) is 4.27. The van der Waals surface area contributed by atoms with Crippen molar-refractivity contribution in [3.05, 3.63) is 47.0 Å². The molecular weight excluding hydrogens is 410 g/mol. The molecule has 0 unspecified atom stereocenters. The van der Waals surface area contributed by atoms with Crippen molar-refractivity contribution in [1.82, 2.24) is 9.88 Å². The largest absolute Gasteiger partial charge is 0.486 e. The molecule has 2 heterocycles. The summed E-state index contributed by atoms with van der Waals surface area (Å²) < 4.78 is 12.3. The van der Waals surface area contributed by atoms with Crippen molar-refractivity contribution >= 4 is 44.2 Å². The third-order valence-corrected chi connectivity index (χ3v) is 5.89. The third kappa shape index (κ3) is 4.47. The Bertz CT molecular complexity index is 977. The normalized spacial score (nSPS) is 13.1. The average Bonchev–Trinajstić information content (AvgIpc) is 3.11. The van der Waals surface area contributed by atoms with Crippen LogP contribution in [0.2, 0.25) is 5.02 Å². The molecule has 0 radical (unpaired) electrons. The highest BCUT2D eigenvalue weighted by Gasteiger charge is 2.23. The summed E-state index contributed by atoms with van der Waals surface area (Å²) in [5.41, 5.74) is 1.39. The van der Waals surface area contributed by atoms with Crippen molar-refractivity contribution in [2.24, 2.45) is 0 Å². The number of ether oxygens (including phenoxy) is 2. The molecule has 0 bridgehead atoms. The first kappa shape index (κ1) is 19.9. The highest BCUT2D eigenvalue weighted by Crippen LogP contribution is 2.39. The lowest BCUT2D eigenvalue weighted by Crippen LogP contribution is -2.33. The van der Waals surface area contributed by atoms with E-state index in [0.717, 1.165) is 28.9 Å². The Morgan fingerprint density at radius 3 is 2.48 bits per heavy atom. The number of nitrogens with zero attached hydrogens (tertiary/aromatic N) is 3. The quantitative estimate of drug-likeness (QED) is 0.581. The van der Waals surface area contributed by atoms with Gasteiger partial charge in [0.25, 0.3) is 5.91 Å². The molecule has 4 rings (SSSR count). The number of anilines is 1. The molecular formula is C21H22ClN3O3S. The van der Waals surface area contributed by atoms with Gasteiger partial charge in [0.15, 0.2) is 16.6 Å². The van der Waals surface area contributed by atoms with Gasteiger partial charge < -0.3 is 14.4 Å². The Morgan fingerprint density at radius 2 is 1.79 bits per heavy atom. The number of aromatic nitrogens is 1. The van der Waals surface area contributed by atoms with Crippen molar-refractivity contribution < 1.29 is 14.3 Å². The Balaban J connectivity index is 1.67. The van der Waals surface area contributed by atoms with Crippen molar-refractivity contribution in [3.63, 3.8) is 0 Å². The van der Waals surface area contributed by atoms with Crippen LogP contribution >= 0.6 is 22.9 Å². The minimum atomic E-state index is -0.0863. The van der Waals surface area contributed by atoms with Crippen LogP contribution in [-0.2, 0) is 0 Å². The first-order chi connectivity index (χ1) is 14.0. The lowest BCUT2D eigenvalue weighted by Gasteiger charge is -2.21. The first-order valence-corrected chi connectivity index (χ1v) is 10.6. The van der Waals surface area contributed by atoms with Crippen LogP contribution in [0.3, 0.4) is 0 Å². The van der Waals surface area contributed by atoms with E-state index >= 15 is 0 Å². The van der Waals surface area contributed by atoms with E-state index in [1.54, 1.807) is 29.2 Å². The van der Waals surface area contributed by atoms with E-state index in [1.807, 2.05) is 26.2 Å². The number of amides is 1. The molecule has 6 nitrogen and oxygen atoms in total. The Kier molecular flexibility index (Phi) is 5.89. The molecule has 0 atom stereocenters. The molecule has 1 amide bonds. The van der Waals surface area contributed by atoms with Crippen molar-refractivity contribution in [3.8, 4) is 11.5 Å². The number of hydrogen-bond donors (Lipinski definition) is 0. The van der Waals surface area contributed by atoms with Gasteiger partial charge in [-0.25, -0.2) is 4.98 Å². The second-order valence-electron chi connectivity index (χ2n) is 7.08. The van der Waals surface area contributed by atoms with Crippen LogP contribution in [0.25, 0.3) is 10.2 Å². The lowest BCUT2D eigenvalue weighted by molar-refractivity contribution is 0.0986. The molecule has 0 saturated heterocycles. The monoisotopic (exact) mass is 431 g/mol. The fraction of sp³-hybridized carbons (Fsp3) is 0.333. The highest BCUT2D eigenvalue weighted by molar-refractivity contribution is 7.22. The lowest BCUT2D eigenvalue weighted by atomic mass is 10.2. The zero-order valence-corrected chi connectivity index (χ0v) is 17.9. The minimum Gasteiger partial charge on any atom is -0.486 e. The molecule has 1 aliphatic rings. The van der Waals surface area contributed by atoms with E-state index in [4.69, 9.17) is 26.1 Å². The number of thiazole rings is 1. The van der Waals surface area contributed by atoms with E-state index in [0.29, 0.717) is 41.2 Å². The Labute approximate surface area is 178 Å². The molecule has 1 aromatic heterocycles. The summed E-state index contributed by atoms with van der Waals surface area (Å²) in [7, 11) is 4.04. The van der Waals surface area contributed by atoms with E-state index in [-0.39, 0.29) is 5.91 Å². The van der Waals surface area contributed by atoms with Gasteiger partial charge in [0.1, 0.15) is 13.2 Å². The topological polar surface area (TPSA) is 54.9 Å². The summed E-state index contributed by atoms with van der Waals surface area (Å²) in [6.07, 6.45) is 0.838. The van der Waals surface area contributed by atoms with Crippen molar-refractivity contribution in [1.29, 1.82) is 0 Å². The van der Waals surface area contributed by atoms with Gasteiger partial charge >= 0.3 is 0 Å². The summed E-state index contributed by atoms with van der Waals surface area (Å²) in [4.78, 5) is 21.8. The number of carbonyl (C=O) groups is 1. The summed E-state index contributed by atoms with van der Waals surface area (Å²) in [6, 6.07) is 10.8. The zero-order valence-electron chi connectivity index (χ0n) is 16.4. The zero-order chi connectivity index (χ0) is 20.4. The Hall–Kier alpha value is -2.35. The predicted octanol–water partition coefficient (Wildman–Crippen LogP) is 4.32. The molecule has 152 valence electrons. The van der Waals surface area contributed by atoms with Gasteiger partial charge in [0.2, 0.25) is 0 Å². The predicted molar refractivity (Wildman–Crippen MR) is 117 cm³/mol. The number of rotatable bonds is 6. The number of benzene rings is 2. The minimum absolute atomic E-state index is 0.0863. The van der Waals surface area contributed by atoms with Gasteiger partial charge in [0, 0.05) is 29.3 Å². The second-order valence-corrected chi connectivity index (χ2v) is 8.53. The average molecular weight is 432 g/mol. The van der Waals surface area contributed by atoms with Gasteiger partial charge in [-0.3, -0.25) is 9.69 Å². The van der Waals surface area contributed by atoms with Crippen LogP contribution in [-0.4, -0.2) is 56.2 Å². The molecule has 8 heteroatoms. The third-order valence-electron chi connectivity index (χ3n) is 4.60. The fourth-order valence-electron chi connectivity index (χ4n) is 3.15. The van der Waals surface area contributed by atoms with Crippen molar-refractivity contribution in [2.75, 3.05) is 45.3 Å². The molecule has 0 saturated carbocycles. The number of fused-ring (bicyclic) bond motifs is 2. The van der Waals surface area contributed by atoms with E-state index in [9.17, 15) is 4.79 Å². The summed E-state index contributed by atoms with van der Waals surface area (Å²) in [5, 5.41) is 1.27. The first-order valence-electron chi connectivity index (χ1n) is 9.43. The van der Waals surface area contributed by atoms with Gasteiger partial charge in [-0.05, 0) is 51.3 Å². The maximum atomic E-state index is 13.3. The molecule has 0 N–H and O–H groups in total. The molecule has 0 fully saturated rings. The summed E-state index contributed by atoms with van der Waals surface area (Å²) >= 11 is 7.46. The van der Waals surface area contributed by atoms with Gasteiger partial charge in [-0.15, -0.1) is 0 Å². The van der Waals surface area contributed by atoms with Crippen molar-refractivity contribution in [2.45, 2.75) is 6.42 Å². The number of halogens is 1. The van der Waals surface area contributed by atoms with Crippen LogP contribution in [0.4, 0.5) is 5.13 Å². The molecule has 1 aliphatic heterocycles. The number of carbonyl (C=O) groups excluding carboxylic acids is 1. The van der Waals surface area contributed by atoms with E-state index in [2.05, 4.69) is 4.90 Å². The van der Waals surface area contributed by atoms with Crippen LogP contribution in [0.1, 0.15) is 16.8 Å². The van der Waals surface area contributed by atoms with Gasteiger partial charge in [-0.1, -0.05) is 22.9 Å². The molecule has 0 aliphatic carbocycles. The molecule has 3 aromatic rings. The number of hydrogen-bond acceptors (Lipinski definition) is 6. The van der Waals surface area contributed by atoms with Gasteiger partial charge in [-0.2, -0.15) is 0 Å².